The molecule has 5 rings (SSSR count). The van der Waals surface area contributed by atoms with Crippen LogP contribution in [0.5, 0.6) is 0 Å². The summed E-state index contributed by atoms with van der Waals surface area (Å²) in [6.07, 6.45) is 1.54. The van der Waals surface area contributed by atoms with E-state index in [1.54, 1.807) is 0 Å². The molecular formula is C29H30N2O4. The number of alkyl carbamates (subject to hydrolysis) is 1. The van der Waals surface area contributed by atoms with Crippen LogP contribution < -0.4 is 10.2 Å². The maximum absolute atomic E-state index is 12.6. The van der Waals surface area contributed by atoms with Gasteiger partial charge in [-0.1, -0.05) is 67.6 Å². The van der Waals surface area contributed by atoms with Crippen molar-refractivity contribution < 1.29 is 19.4 Å². The van der Waals surface area contributed by atoms with E-state index in [0.717, 1.165) is 53.7 Å². The number of carbonyl (C=O) groups is 2. The molecular weight excluding hydrogens is 440 g/mol. The van der Waals surface area contributed by atoms with Gasteiger partial charge in [0.05, 0.1) is 0 Å². The van der Waals surface area contributed by atoms with E-state index in [0.29, 0.717) is 0 Å². The summed E-state index contributed by atoms with van der Waals surface area (Å²) in [7, 11) is 0. The third-order valence-corrected chi connectivity index (χ3v) is 7.00. The quantitative estimate of drug-likeness (QED) is 0.485. The minimum Gasteiger partial charge on any atom is -0.480 e. The number of carbonyl (C=O) groups excluding carboxylic acids is 1. The van der Waals surface area contributed by atoms with Crippen LogP contribution in [0.25, 0.3) is 11.1 Å². The highest BCUT2D eigenvalue weighted by Gasteiger charge is 2.30. The van der Waals surface area contributed by atoms with Crippen molar-refractivity contribution in [3.05, 3.63) is 89.0 Å². The molecule has 1 aliphatic carbocycles. The molecule has 0 spiro atoms. The molecule has 1 aliphatic heterocycles. The molecule has 180 valence electrons. The molecule has 0 radical (unpaired) electrons. The van der Waals surface area contributed by atoms with Gasteiger partial charge in [-0.3, -0.25) is 0 Å². The van der Waals surface area contributed by atoms with Crippen LogP contribution in [0, 0.1) is 0 Å². The third kappa shape index (κ3) is 4.61. The number of fused-ring (bicyclic) bond motifs is 4. The summed E-state index contributed by atoms with van der Waals surface area (Å²) < 4.78 is 5.55. The number of hydrogen-bond acceptors (Lipinski definition) is 4. The van der Waals surface area contributed by atoms with Gasteiger partial charge < -0.3 is 20.1 Å². The Balaban J connectivity index is 1.23. The average Bonchev–Trinajstić information content (AvgIpc) is 3.41. The molecule has 6 heteroatoms. The fourth-order valence-electron chi connectivity index (χ4n) is 5.37. The molecule has 1 atom stereocenters. The number of anilines is 1. The number of rotatable bonds is 8. The first-order valence-corrected chi connectivity index (χ1v) is 12.3. The Hall–Kier alpha value is -3.80. The first-order valence-electron chi connectivity index (χ1n) is 12.3. The van der Waals surface area contributed by atoms with Gasteiger partial charge in [0.25, 0.3) is 0 Å². The summed E-state index contributed by atoms with van der Waals surface area (Å²) in [5.41, 5.74) is 7.89. The Morgan fingerprint density at radius 1 is 1.06 bits per heavy atom. The highest BCUT2D eigenvalue weighted by atomic mass is 16.5. The number of hydrogen-bond donors (Lipinski definition) is 2. The number of aliphatic carboxylic acids is 1. The summed E-state index contributed by atoms with van der Waals surface area (Å²) in [6, 6.07) is 21.3. The predicted octanol–water partition coefficient (Wildman–Crippen LogP) is 4.99. The van der Waals surface area contributed by atoms with Crippen molar-refractivity contribution in [1.29, 1.82) is 0 Å². The Morgan fingerprint density at radius 2 is 1.74 bits per heavy atom. The lowest BCUT2D eigenvalue weighted by Gasteiger charge is -2.19. The fraction of sp³-hybridized carbons (Fsp3) is 0.310. The standard InChI is InChI=1S/C29H30N2O4/c1-2-14-31-15-13-20-16-19(11-12-27(20)31)17-26(28(32)33)30-29(34)35-18-25-23-9-5-3-7-21(23)22-8-4-6-10-24(22)25/h3-12,16,25-26H,2,13-15,17-18H2,1H3,(H,30,34)(H,32,33). The lowest BCUT2D eigenvalue weighted by atomic mass is 9.98. The van der Waals surface area contributed by atoms with Crippen LogP contribution in [-0.2, 0) is 22.4 Å². The molecule has 0 saturated heterocycles. The van der Waals surface area contributed by atoms with Crippen LogP contribution >= 0.6 is 0 Å². The highest BCUT2D eigenvalue weighted by molar-refractivity contribution is 5.81. The molecule has 1 unspecified atom stereocenters. The van der Waals surface area contributed by atoms with Gasteiger partial charge in [-0.05, 0) is 52.3 Å². The molecule has 6 nitrogen and oxygen atoms in total. The normalized spacial score (nSPS) is 14.7. The predicted molar refractivity (Wildman–Crippen MR) is 136 cm³/mol. The minimum atomic E-state index is -1.08. The fourth-order valence-corrected chi connectivity index (χ4v) is 5.37. The van der Waals surface area contributed by atoms with E-state index in [9.17, 15) is 14.7 Å². The first kappa shape index (κ1) is 23.0. The van der Waals surface area contributed by atoms with Crippen LogP contribution in [0.1, 0.15) is 41.5 Å². The van der Waals surface area contributed by atoms with Crippen molar-refractivity contribution in [3.63, 3.8) is 0 Å². The second kappa shape index (κ2) is 9.82. The van der Waals surface area contributed by atoms with Gasteiger partial charge in [0.15, 0.2) is 0 Å². The maximum atomic E-state index is 12.6. The van der Waals surface area contributed by atoms with Gasteiger partial charge >= 0.3 is 12.1 Å². The summed E-state index contributed by atoms with van der Waals surface area (Å²) in [6.45, 7) is 4.33. The molecule has 1 amide bonds. The molecule has 2 aliphatic rings. The number of carboxylic acid groups (broad SMARTS) is 1. The van der Waals surface area contributed by atoms with Gasteiger partial charge in [-0.25, -0.2) is 9.59 Å². The van der Waals surface area contributed by atoms with E-state index in [4.69, 9.17) is 4.74 Å². The SMILES string of the molecule is CCCN1CCc2cc(CC(NC(=O)OCC3c4ccccc4-c4ccccc43)C(=O)O)ccc21. The number of amides is 1. The van der Waals surface area contributed by atoms with Crippen LogP contribution in [0.4, 0.5) is 10.5 Å². The zero-order valence-corrected chi connectivity index (χ0v) is 19.9. The topological polar surface area (TPSA) is 78.9 Å². The van der Waals surface area contributed by atoms with E-state index >= 15 is 0 Å². The smallest absolute Gasteiger partial charge is 0.407 e. The molecule has 3 aromatic rings. The summed E-state index contributed by atoms with van der Waals surface area (Å²) in [4.78, 5) is 26.9. The van der Waals surface area contributed by atoms with Gasteiger partial charge in [0.2, 0.25) is 0 Å². The van der Waals surface area contributed by atoms with Crippen molar-refractivity contribution in [1.82, 2.24) is 5.32 Å². The van der Waals surface area contributed by atoms with Gasteiger partial charge in [0, 0.05) is 31.1 Å². The van der Waals surface area contributed by atoms with Gasteiger partial charge in [-0.15, -0.1) is 0 Å². The number of nitrogens with one attached hydrogen (secondary N) is 1. The van der Waals surface area contributed by atoms with Crippen molar-refractivity contribution in [3.8, 4) is 11.1 Å². The van der Waals surface area contributed by atoms with E-state index in [1.165, 1.54) is 11.3 Å². The Morgan fingerprint density at radius 3 is 2.40 bits per heavy atom. The zero-order valence-electron chi connectivity index (χ0n) is 19.9. The highest BCUT2D eigenvalue weighted by Crippen LogP contribution is 2.44. The second-order valence-electron chi connectivity index (χ2n) is 9.26. The number of ether oxygens (including phenoxy) is 1. The molecule has 3 aromatic carbocycles. The summed E-state index contributed by atoms with van der Waals surface area (Å²) in [5.74, 6) is -1.15. The van der Waals surface area contributed by atoms with E-state index in [2.05, 4.69) is 53.5 Å². The minimum absolute atomic E-state index is 0.0702. The maximum Gasteiger partial charge on any atom is 0.407 e. The number of carboxylic acids is 1. The Labute approximate surface area is 205 Å². The van der Waals surface area contributed by atoms with Crippen molar-refractivity contribution in [2.24, 2.45) is 0 Å². The summed E-state index contributed by atoms with van der Waals surface area (Å²) >= 11 is 0. The van der Waals surface area contributed by atoms with Crippen molar-refractivity contribution >= 4 is 17.7 Å². The number of nitrogens with zero attached hydrogens (tertiary/aromatic N) is 1. The van der Waals surface area contributed by atoms with Crippen molar-refractivity contribution in [2.45, 2.75) is 38.1 Å². The molecule has 0 bridgehead atoms. The van der Waals surface area contributed by atoms with Crippen LogP contribution in [0.3, 0.4) is 0 Å². The van der Waals surface area contributed by atoms with E-state index < -0.39 is 18.1 Å². The van der Waals surface area contributed by atoms with Crippen LogP contribution in [-0.4, -0.2) is 42.9 Å². The lowest BCUT2D eigenvalue weighted by Crippen LogP contribution is -2.42. The Bertz CT molecular complexity index is 1210. The van der Waals surface area contributed by atoms with Crippen molar-refractivity contribution in [2.75, 3.05) is 24.6 Å². The third-order valence-electron chi connectivity index (χ3n) is 7.00. The summed E-state index contributed by atoms with van der Waals surface area (Å²) in [5, 5.41) is 12.3. The molecule has 2 N–H and O–H groups in total. The molecule has 1 heterocycles. The first-order chi connectivity index (χ1) is 17.0. The van der Waals surface area contributed by atoms with E-state index in [1.807, 2.05) is 30.3 Å². The van der Waals surface area contributed by atoms with E-state index in [-0.39, 0.29) is 18.9 Å². The average molecular weight is 471 g/mol. The molecule has 35 heavy (non-hydrogen) atoms. The second-order valence-corrected chi connectivity index (χ2v) is 9.26. The number of benzene rings is 3. The zero-order chi connectivity index (χ0) is 24.4. The van der Waals surface area contributed by atoms with Crippen LogP contribution in [0.15, 0.2) is 66.7 Å². The van der Waals surface area contributed by atoms with Gasteiger partial charge in [-0.2, -0.15) is 0 Å². The molecule has 0 aromatic heterocycles. The van der Waals surface area contributed by atoms with Crippen LogP contribution in [0.2, 0.25) is 0 Å². The van der Waals surface area contributed by atoms with Gasteiger partial charge in [0.1, 0.15) is 12.6 Å². The molecule has 0 fully saturated rings. The molecule has 0 saturated carbocycles. The monoisotopic (exact) mass is 470 g/mol. The largest absolute Gasteiger partial charge is 0.480 e. The Kier molecular flexibility index (Phi) is 6.45. The lowest BCUT2D eigenvalue weighted by molar-refractivity contribution is -0.139.